The second-order valence-electron chi connectivity index (χ2n) is 7.11. The second kappa shape index (κ2) is 8.69. The van der Waals surface area contributed by atoms with Crippen LogP contribution in [0.2, 0.25) is 0 Å². The largest absolute Gasteiger partial charge is 0.497 e. The van der Waals surface area contributed by atoms with Crippen molar-refractivity contribution < 1.29 is 9.53 Å². The van der Waals surface area contributed by atoms with E-state index in [1.165, 1.54) is 4.57 Å². The van der Waals surface area contributed by atoms with Crippen LogP contribution in [0.3, 0.4) is 0 Å². The molecule has 0 fully saturated rings. The highest BCUT2D eigenvalue weighted by molar-refractivity contribution is 5.80. The number of amides is 1. The van der Waals surface area contributed by atoms with Crippen molar-refractivity contribution in [2.24, 2.45) is 0 Å². The number of methoxy groups -OCH3 is 1. The highest BCUT2D eigenvalue weighted by atomic mass is 16.5. The second-order valence-corrected chi connectivity index (χ2v) is 7.11. The van der Waals surface area contributed by atoms with Gasteiger partial charge >= 0.3 is 0 Å². The monoisotopic (exact) mass is 401 g/mol. The van der Waals surface area contributed by atoms with E-state index in [0.29, 0.717) is 18.6 Å². The number of carbonyl (C=O) groups excluding carboxylic acids is 1. The van der Waals surface area contributed by atoms with Crippen LogP contribution >= 0.6 is 0 Å². The van der Waals surface area contributed by atoms with E-state index in [9.17, 15) is 9.59 Å². The van der Waals surface area contributed by atoms with E-state index < -0.39 is 0 Å². The molecule has 0 bridgehead atoms. The summed E-state index contributed by atoms with van der Waals surface area (Å²) in [4.78, 5) is 25.5. The molecular weight excluding hydrogens is 378 g/mol. The summed E-state index contributed by atoms with van der Waals surface area (Å²) in [5.74, 6) is 0.517. The van der Waals surface area contributed by atoms with Gasteiger partial charge in [-0.1, -0.05) is 42.5 Å². The molecule has 0 aliphatic rings. The van der Waals surface area contributed by atoms with Gasteiger partial charge in [0.25, 0.3) is 5.56 Å². The van der Waals surface area contributed by atoms with E-state index in [1.807, 2.05) is 77.5 Å². The Kier molecular flexibility index (Phi) is 5.66. The first kappa shape index (κ1) is 19.5. The highest BCUT2D eigenvalue weighted by Gasteiger charge is 2.11. The molecule has 0 saturated carbocycles. The molecule has 0 aliphatic carbocycles. The number of aromatic nitrogens is 2. The van der Waals surface area contributed by atoms with Crippen molar-refractivity contribution in [3.8, 4) is 5.75 Å². The maximum Gasteiger partial charge on any atom is 0.275 e. The molecule has 2 aromatic carbocycles. The predicted molar refractivity (Wildman–Crippen MR) is 117 cm³/mol. The Balaban J connectivity index is 1.50. The molecule has 1 N–H and O–H groups in total. The lowest BCUT2D eigenvalue weighted by atomic mass is 10.2. The number of benzene rings is 2. The summed E-state index contributed by atoms with van der Waals surface area (Å²) >= 11 is 0. The van der Waals surface area contributed by atoms with Crippen molar-refractivity contribution in [1.29, 1.82) is 0 Å². The molecule has 0 radical (unpaired) electrons. The number of fused-ring (bicyclic) bond motifs is 1. The van der Waals surface area contributed by atoms with E-state index in [4.69, 9.17) is 4.74 Å². The van der Waals surface area contributed by atoms with Gasteiger partial charge in [0.1, 0.15) is 17.8 Å². The molecule has 152 valence electrons. The number of carbonyl (C=O) groups is 1. The third kappa shape index (κ3) is 4.27. The van der Waals surface area contributed by atoms with E-state index in [-0.39, 0.29) is 18.0 Å². The zero-order chi connectivity index (χ0) is 20.9. The third-order valence-electron chi connectivity index (χ3n) is 5.03. The minimum atomic E-state index is -0.222. The van der Waals surface area contributed by atoms with Crippen LogP contribution in [0.4, 0.5) is 0 Å². The van der Waals surface area contributed by atoms with Gasteiger partial charge in [-0.2, -0.15) is 0 Å². The summed E-state index contributed by atoms with van der Waals surface area (Å²) in [5.41, 5.74) is 2.47. The normalized spacial score (nSPS) is 10.8. The summed E-state index contributed by atoms with van der Waals surface area (Å²) in [5, 5.41) is 3.73. The average molecular weight is 401 g/mol. The molecule has 1 amide bonds. The van der Waals surface area contributed by atoms with Gasteiger partial charge in [0, 0.05) is 30.9 Å². The van der Waals surface area contributed by atoms with Gasteiger partial charge in [0.15, 0.2) is 0 Å². The molecule has 6 nitrogen and oxygen atoms in total. The zero-order valence-electron chi connectivity index (χ0n) is 16.7. The molecule has 0 aliphatic heterocycles. The number of nitrogens with one attached hydrogen (secondary N) is 1. The molecule has 30 heavy (non-hydrogen) atoms. The van der Waals surface area contributed by atoms with Crippen molar-refractivity contribution in [1.82, 2.24) is 14.5 Å². The van der Waals surface area contributed by atoms with E-state index in [2.05, 4.69) is 5.32 Å². The minimum Gasteiger partial charge on any atom is -0.497 e. The summed E-state index contributed by atoms with van der Waals surface area (Å²) in [6.07, 6.45) is 3.58. The molecular formula is C24H23N3O3. The molecule has 2 aromatic heterocycles. The Morgan fingerprint density at radius 1 is 0.933 bits per heavy atom. The first-order valence-corrected chi connectivity index (χ1v) is 9.76. The van der Waals surface area contributed by atoms with Crippen LogP contribution in [0.5, 0.6) is 5.75 Å². The topological polar surface area (TPSA) is 65.3 Å². The average Bonchev–Trinajstić information content (AvgIpc) is 3.18. The van der Waals surface area contributed by atoms with E-state index >= 15 is 0 Å². The number of hydrogen-bond acceptors (Lipinski definition) is 3. The third-order valence-corrected chi connectivity index (χ3v) is 5.03. The van der Waals surface area contributed by atoms with Crippen molar-refractivity contribution in [3.05, 3.63) is 101 Å². The molecule has 0 atom stereocenters. The van der Waals surface area contributed by atoms with Crippen LogP contribution in [0.15, 0.2) is 83.9 Å². The number of rotatable bonds is 7. The molecule has 4 rings (SSSR count). The first-order chi connectivity index (χ1) is 14.6. The number of hydrogen-bond donors (Lipinski definition) is 1. The lowest BCUT2D eigenvalue weighted by Gasteiger charge is -2.10. The number of nitrogens with zero attached hydrogens (tertiary/aromatic N) is 2. The van der Waals surface area contributed by atoms with Gasteiger partial charge in [0.05, 0.1) is 7.11 Å². The van der Waals surface area contributed by atoms with Gasteiger partial charge in [0.2, 0.25) is 5.91 Å². The Bertz CT molecular complexity index is 1230. The summed E-state index contributed by atoms with van der Waals surface area (Å²) < 4.78 is 8.58. The SMILES string of the molecule is COc1cccc(CNC(=O)Cn2ccc3ccn(Cc4ccccc4)c3c2=O)c1. The fourth-order valence-electron chi connectivity index (χ4n) is 3.47. The predicted octanol–water partition coefficient (Wildman–Crippen LogP) is 3.18. The van der Waals surface area contributed by atoms with Crippen LogP contribution in [0.1, 0.15) is 11.1 Å². The van der Waals surface area contributed by atoms with Crippen LogP contribution < -0.4 is 15.6 Å². The van der Waals surface area contributed by atoms with Crippen LogP contribution in [-0.2, 0) is 24.4 Å². The van der Waals surface area contributed by atoms with E-state index in [1.54, 1.807) is 13.3 Å². The fraction of sp³-hybridized carbons (Fsp3) is 0.167. The zero-order valence-corrected chi connectivity index (χ0v) is 16.7. The highest BCUT2D eigenvalue weighted by Crippen LogP contribution is 2.14. The standard InChI is InChI=1S/C24H23N3O3/c1-30-21-9-5-8-19(14-21)15-25-22(28)17-27-13-11-20-10-12-26(23(20)24(27)29)16-18-6-3-2-4-7-18/h2-14H,15-17H2,1H3,(H,25,28). The maximum atomic E-state index is 13.0. The molecule has 0 spiro atoms. The van der Waals surface area contributed by atoms with Gasteiger partial charge < -0.3 is 19.2 Å². The Labute approximate surface area is 174 Å². The van der Waals surface area contributed by atoms with Gasteiger partial charge in [-0.15, -0.1) is 0 Å². The summed E-state index contributed by atoms with van der Waals surface area (Å²) in [6, 6.07) is 21.3. The van der Waals surface area contributed by atoms with E-state index in [0.717, 1.165) is 22.3 Å². The van der Waals surface area contributed by atoms with Crippen molar-refractivity contribution in [2.75, 3.05) is 7.11 Å². The molecule has 2 heterocycles. The first-order valence-electron chi connectivity index (χ1n) is 9.76. The smallest absolute Gasteiger partial charge is 0.275 e. The van der Waals surface area contributed by atoms with Crippen molar-refractivity contribution >= 4 is 16.8 Å². The number of ether oxygens (including phenoxy) is 1. The lowest BCUT2D eigenvalue weighted by Crippen LogP contribution is -2.32. The molecule has 0 saturated heterocycles. The Morgan fingerprint density at radius 3 is 2.43 bits per heavy atom. The summed E-state index contributed by atoms with van der Waals surface area (Å²) in [7, 11) is 1.61. The molecule has 6 heteroatoms. The quantitative estimate of drug-likeness (QED) is 0.517. The summed E-state index contributed by atoms with van der Waals surface area (Å²) in [6.45, 7) is 0.943. The Hall–Kier alpha value is -3.80. The minimum absolute atomic E-state index is 0.0325. The lowest BCUT2D eigenvalue weighted by molar-refractivity contribution is -0.121. The van der Waals surface area contributed by atoms with Gasteiger partial charge in [-0.3, -0.25) is 9.59 Å². The molecule has 0 unspecified atom stereocenters. The van der Waals surface area contributed by atoms with Crippen LogP contribution in [0, 0.1) is 0 Å². The van der Waals surface area contributed by atoms with Crippen LogP contribution in [-0.4, -0.2) is 22.2 Å². The van der Waals surface area contributed by atoms with Crippen LogP contribution in [0.25, 0.3) is 10.9 Å². The maximum absolute atomic E-state index is 13.0. The van der Waals surface area contributed by atoms with Crippen molar-refractivity contribution in [2.45, 2.75) is 19.6 Å². The number of pyridine rings is 1. The fourth-order valence-corrected chi connectivity index (χ4v) is 3.47. The Morgan fingerprint density at radius 2 is 1.67 bits per heavy atom. The van der Waals surface area contributed by atoms with Crippen molar-refractivity contribution in [3.63, 3.8) is 0 Å². The van der Waals surface area contributed by atoms with Gasteiger partial charge in [-0.25, -0.2) is 0 Å². The molecule has 4 aromatic rings. The van der Waals surface area contributed by atoms with Gasteiger partial charge in [-0.05, 0) is 35.4 Å².